The zero-order valence-electron chi connectivity index (χ0n) is 16.7. The fourth-order valence-electron chi connectivity index (χ4n) is 2.77. The first-order chi connectivity index (χ1) is 13.6. The topological polar surface area (TPSA) is 69.7 Å². The molecule has 0 aliphatic heterocycles. The Morgan fingerprint density at radius 2 is 1.66 bits per heavy atom. The summed E-state index contributed by atoms with van der Waals surface area (Å²) in [4.78, 5) is 17.0. The second kappa shape index (κ2) is 10.4. The minimum absolute atomic E-state index is 0.111. The van der Waals surface area contributed by atoms with E-state index in [1.165, 1.54) is 31.3 Å². The number of amides is 1. The molecule has 29 heavy (non-hydrogen) atoms. The van der Waals surface area contributed by atoms with Gasteiger partial charge in [-0.2, -0.15) is 0 Å². The van der Waals surface area contributed by atoms with Gasteiger partial charge in [-0.15, -0.1) is 0 Å². The highest BCUT2D eigenvalue weighted by molar-refractivity contribution is 7.89. The maximum absolute atomic E-state index is 13.1. The molecule has 2 aromatic carbocycles. The van der Waals surface area contributed by atoms with Crippen molar-refractivity contribution in [2.45, 2.75) is 17.9 Å². The maximum atomic E-state index is 13.1. The number of carbonyl (C=O) groups is 1. The summed E-state index contributed by atoms with van der Waals surface area (Å²) in [5.74, 6) is -0.178. The van der Waals surface area contributed by atoms with Gasteiger partial charge in [0, 0.05) is 18.7 Å². The molecule has 1 amide bonds. The number of rotatable bonds is 9. The fraction of sp³-hybridized carbons (Fsp3) is 0.350. The van der Waals surface area contributed by atoms with Crippen LogP contribution in [0, 0.1) is 0 Å². The summed E-state index contributed by atoms with van der Waals surface area (Å²) in [5, 5.41) is 0.897. The molecule has 0 radical (unpaired) electrons. The number of hydrogen-bond donors (Lipinski definition) is 1. The van der Waals surface area contributed by atoms with Crippen molar-refractivity contribution in [3.8, 4) is 0 Å². The van der Waals surface area contributed by atoms with E-state index in [-0.39, 0.29) is 10.8 Å². The monoisotopic (exact) mass is 457 g/mol. The fourth-order valence-corrected chi connectivity index (χ4v) is 3.82. The molecule has 158 valence electrons. The summed E-state index contributed by atoms with van der Waals surface area (Å²) in [7, 11) is 1.75. The van der Waals surface area contributed by atoms with Crippen LogP contribution in [0.4, 0.5) is 0 Å². The van der Waals surface area contributed by atoms with Gasteiger partial charge in [0.1, 0.15) is 0 Å². The first kappa shape index (κ1) is 23.6. The molecular formula is C20H25Cl2N3O3S. The van der Waals surface area contributed by atoms with Crippen molar-refractivity contribution < 1.29 is 13.2 Å². The van der Waals surface area contributed by atoms with Crippen LogP contribution in [0.25, 0.3) is 0 Å². The van der Waals surface area contributed by atoms with Gasteiger partial charge in [-0.25, -0.2) is 13.1 Å². The molecule has 2 aromatic rings. The molecule has 0 saturated heterocycles. The molecule has 0 saturated carbocycles. The smallest absolute Gasteiger partial charge is 0.254 e. The van der Waals surface area contributed by atoms with Gasteiger partial charge in [-0.1, -0.05) is 29.3 Å². The molecule has 0 spiro atoms. The molecule has 9 heteroatoms. The molecule has 0 fully saturated rings. The van der Waals surface area contributed by atoms with E-state index in [4.69, 9.17) is 23.2 Å². The van der Waals surface area contributed by atoms with Crippen LogP contribution >= 0.6 is 23.2 Å². The summed E-state index contributed by atoms with van der Waals surface area (Å²) in [6, 6.07) is 11.2. The van der Waals surface area contributed by atoms with Gasteiger partial charge in [0.2, 0.25) is 10.0 Å². The quantitative estimate of drug-likeness (QED) is 0.625. The van der Waals surface area contributed by atoms with E-state index < -0.39 is 10.0 Å². The Kier molecular flexibility index (Phi) is 8.48. The van der Waals surface area contributed by atoms with E-state index >= 15 is 0 Å². The van der Waals surface area contributed by atoms with Crippen molar-refractivity contribution in [2.75, 3.05) is 34.2 Å². The lowest BCUT2D eigenvalue weighted by atomic mass is 10.1. The molecule has 0 unspecified atom stereocenters. The van der Waals surface area contributed by atoms with Gasteiger partial charge in [0.15, 0.2) is 0 Å². The van der Waals surface area contributed by atoms with Crippen LogP contribution in [0.15, 0.2) is 47.4 Å². The maximum Gasteiger partial charge on any atom is 0.254 e. The molecule has 0 aliphatic carbocycles. The molecule has 0 aromatic heterocycles. The second-order valence-electron chi connectivity index (χ2n) is 6.86. The van der Waals surface area contributed by atoms with Crippen molar-refractivity contribution in [2.24, 2.45) is 0 Å². The normalized spacial score (nSPS) is 11.7. The summed E-state index contributed by atoms with van der Waals surface area (Å²) >= 11 is 12.1. The SMILES string of the molecule is CNS(=O)(=O)c1ccc(C(=O)N(CCCN(C)C)Cc2ccc(Cl)c(Cl)c2)cc1. The Hall–Kier alpha value is -1.64. The second-order valence-corrected chi connectivity index (χ2v) is 9.56. The van der Waals surface area contributed by atoms with Crippen LogP contribution < -0.4 is 4.72 Å². The third-order valence-corrected chi connectivity index (χ3v) is 6.53. The van der Waals surface area contributed by atoms with E-state index in [1.54, 1.807) is 17.0 Å². The molecule has 6 nitrogen and oxygen atoms in total. The van der Waals surface area contributed by atoms with Crippen molar-refractivity contribution in [1.82, 2.24) is 14.5 Å². The van der Waals surface area contributed by atoms with Crippen molar-refractivity contribution in [3.05, 3.63) is 63.6 Å². The van der Waals surface area contributed by atoms with E-state index in [9.17, 15) is 13.2 Å². The Balaban J connectivity index is 2.24. The lowest BCUT2D eigenvalue weighted by Crippen LogP contribution is -2.33. The zero-order chi connectivity index (χ0) is 21.6. The van der Waals surface area contributed by atoms with Crippen LogP contribution in [0.3, 0.4) is 0 Å². The van der Waals surface area contributed by atoms with Crippen LogP contribution in [-0.4, -0.2) is 58.4 Å². The Bertz CT molecular complexity index is 948. The summed E-state index contributed by atoms with van der Waals surface area (Å²) < 4.78 is 26.0. The van der Waals surface area contributed by atoms with Crippen molar-refractivity contribution in [1.29, 1.82) is 0 Å². The van der Waals surface area contributed by atoms with Crippen LogP contribution in [0.1, 0.15) is 22.3 Å². The lowest BCUT2D eigenvalue weighted by molar-refractivity contribution is 0.0737. The predicted octanol–water partition coefficient (Wildman–Crippen LogP) is 3.50. The highest BCUT2D eigenvalue weighted by Crippen LogP contribution is 2.24. The summed E-state index contributed by atoms with van der Waals surface area (Å²) in [6.07, 6.45) is 0.798. The van der Waals surface area contributed by atoms with E-state index in [0.29, 0.717) is 28.7 Å². The summed E-state index contributed by atoms with van der Waals surface area (Å²) in [6.45, 7) is 1.76. The summed E-state index contributed by atoms with van der Waals surface area (Å²) in [5.41, 5.74) is 1.29. The van der Waals surface area contributed by atoms with Gasteiger partial charge in [0.05, 0.1) is 14.9 Å². The lowest BCUT2D eigenvalue weighted by Gasteiger charge is -2.24. The minimum Gasteiger partial charge on any atom is -0.334 e. The number of hydrogen-bond acceptors (Lipinski definition) is 4. The number of benzene rings is 2. The zero-order valence-corrected chi connectivity index (χ0v) is 19.0. The molecule has 0 atom stereocenters. The van der Waals surface area contributed by atoms with Crippen LogP contribution in [0.2, 0.25) is 10.0 Å². The third kappa shape index (κ3) is 6.69. The standard InChI is InChI=1S/C20H25Cl2N3O3S/c1-23-29(27,28)17-8-6-16(7-9-17)20(26)25(12-4-11-24(2)3)14-15-5-10-18(21)19(22)13-15/h5-10,13,23H,4,11-12,14H2,1-3H3. The number of nitrogens with zero attached hydrogens (tertiary/aromatic N) is 2. The first-order valence-electron chi connectivity index (χ1n) is 9.05. The van der Waals surface area contributed by atoms with Gasteiger partial charge >= 0.3 is 0 Å². The number of halogens is 2. The third-order valence-electron chi connectivity index (χ3n) is 4.36. The molecule has 0 aliphatic rings. The molecule has 0 bridgehead atoms. The Labute approximate surface area is 182 Å². The largest absolute Gasteiger partial charge is 0.334 e. The number of carbonyl (C=O) groups excluding carboxylic acids is 1. The molecule has 0 heterocycles. The Morgan fingerprint density at radius 1 is 1.00 bits per heavy atom. The van der Waals surface area contributed by atoms with Gasteiger partial charge in [0.25, 0.3) is 5.91 Å². The van der Waals surface area contributed by atoms with E-state index in [1.807, 2.05) is 20.2 Å². The van der Waals surface area contributed by atoms with Gasteiger partial charge in [-0.05, 0) is 76.1 Å². The Morgan fingerprint density at radius 3 is 2.21 bits per heavy atom. The molecule has 2 rings (SSSR count). The number of sulfonamides is 1. The van der Waals surface area contributed by atoms with Gasteiger partial charge < -0.3 is 9.80 Å². The van der Waals surface area contributed by atoms with Gasteiger partial charge in [-0.3, -0.25) is 4.79 Å². The highest BCUT2D eigenvalue weighted by atomic mass is 35.5. The van der Waals surface area contributed by atoms with E-state index in [2.05, 4.69) is 9.62 Å². The van der Waals surface area contributed by atoms with Crippen molar-refractivity contribution in [3.63, 3.8) is 0 Å². The number of nitrogens with one attached hydrogen (secondary N) is 1. The predicted molar refractivity (Wildman–Crippen MR) is 117 cm³/mol. The average Bonchev–Trinajstić information content (AvgIpc) is 2.69. The van der Waals surface area contributed by atoms with Crippen LogP contribution in [-0.2, 0) is 16.6 Å². The first-order valence-corrected chi connectivity index (χ1v) is 11.3. The molecule has 1 N–H and O–H groups in total. The minimum atomic E-state index is -3.55. The van der Waals surface area contributed by atoms with E-state index in [0.717, 1.165) is 18.5 Å². The van der Waals surface area contributed by atoms with Crippen LogP contribution in [0.5, 0.6) is 0 Å². The molecular weight excluding hydrogens is 433 g/mol. The van der Waals surface area contributed by atoms with Crippen molar-refractivity contribution >= 4 is 39.1 Å². The highest BCUT2D eigenvalue weighted by Gasteiger charge is 2.18. The average molecular weight is 458 g/mol.